The molecule has 3 aromatic carbocycles. The molecule has 0 heterocycles. The molecule has 5 nitrogen and oxygen atoms in total. The smallest absolute Gasteiger partial charge is 0.343 e. The maximum absolute atomic E-state index is 12.4. The summed E-state index contributed by atoms with van der Waals surface area (Å²) in [5.41, 5.74) is 2.25. The van der Waals surface area contributed by atoms with Gasteiger partial charge in [-0.2, -0.15) is 5.26 Å². The van der Waals surface area contributed by atoms with Gasteiger partial charge in [-0.3, -0.25) is 4.79 Å². The Morgan fingerprint density at radius 2 is 1.68 bits per heavy atom. The molecule has 0 radical (unpaired) electrons. The van der Waals surface area contributed by atoms with Crippen molar-refractivity contribution in [3.8, 4) is 11.8 Å². The quantitative estimate of drug-likeness (QED) is 0.221. The third kappa shape index (κ3) is 5.95. The van der Waals surface area contributed by atoms with Gasteiger partial charge in [-0.1, -0.05) is 53.0 Å². The van der Waals surface area contributed by atoms with E-state index in [0.29, 0.717) is 32.6 Å². The molecule has 0 saturated heterocycles. The summed E-state index contributed by atoms with van der Waals surface area (Å²) in [6, 6.07) is 20.0. The molecule has 0 saturated carbocycles. The summed E-state index contributed by atoms with van der Waals surface area (Å²) in [5, 5.41) is 12.6. The number of carbonyl (C=O) groups excluding carboxylic acids is 2. The lowest BCUT2D eigenvalue weighted by Gasteiger charge is -2.07. The minimum absolute atomic E-state index is 0.125. The summed E-state index contributed by atoms with van der Waals surface area (Å²) in [6.45, 7) is 1.93. The van der Waals surface area contributed by atoms with Crippen molar-refractivity contribution in [2.24, 2.45) is 0 Å². The molecule has 154 valence electrons. The number of esters is 1. The molecule has 3 aromatic rings. The highest BCUT2D eigenvalue weighted by Crippen LogP contribution is 2.26. The molecule has 0 aliphatic heterocycles. The van der Waals surface area contributed by atoms with E-state index in [4.69, 9.17) is 27.9 Å². The van der Waals surface area contributed by atoms with E-state index < -0.39 is 11.9 Å². The first-order valence-corrected chi connectivity index (χ1v) is 9.88. The number of benzene rings is 3. The molecular weight excluding hydrogens is 435 g/mol. The van der Waals surface area contributed by atoms with Crippen LogP contribution in [-0.2, 0) is 4.79 Å². The van der Waals surface area contributed by atoms with Crippen LogP contribution in [0.5, 0.6) is 5.75 Å². The Kier molecular flexibility index (Phi) is 7.09. The van der Waals surface area contributed by atoms with Gasteiger partial charge in [0.1, 0.15) is 17.4 Å². The number of rotatable bonds is 5. The third-order valence-corrected chi connectivity index (χ3v) is 4.80. The summed E-state index contributed by atoms with van der Waals surface area (Å²) >= 11 is 12.0. The fourth-order valence-corrected chi connectivity index (χ4v) is 2.92. The van der Waals surface area contributed by atoms with E-state index in [1.54, 1.807) is 48.5 Å². The summed E-state index contributed by atoms with van der Waals surface area (Å²) in [5.74, 6) is -0.753. The van der Waals surface area contributed by atoms with E-state index in [2.05, 4.69) is 5.32 Å². The molecule has 0 spiro atoms. The standard InChI is InChI=1S/C24H16Cl2N2O3/c1-15-2-6-17(7-3-15)24(30)31-20-9-4-16(5-10-20)12-18(14-27)23(29)28-22-13-19(25)8-11-21(22)26/h2-13H,1H3,(H,28,29). The number of nitrogens with zero attached hydrogens (tertiary/aromatic N) is 1. The predicted molar refractivity (Wildman–Crippen MR) is 121 cm³/mol. The van der Waals surface area contributed by atoms with Gasteiger partial charge in [0.25, 0.3) is 5.91 Å². The molecule has 0 aromatic heterocycles. The van der Waals surface area contributed by atoms with Crippen molar-refractivity contribution in [3.63, 3.8) is 0 Å². The second kappa shape index (κ2) is 9.94. The van der Waals surface area contributed by atoms with E-state index in [-0.39, 0.29) is 5.57 Å². The van der Waals surface area contributed by atoms with Crippen LogP contribution < -0.4 is 10.1 Å². The van der Waals surface area contributed by atoms with Crippen LogP contribution in [-0.4, -0.2) is 11.9 Å². The van der Waals surface area contributed by atoms with Crippen LogP contribution in [0.25, 0.3) is 6.08 Å². The Labute approximate surface area is 189 Å². The fourth-order valence-electron chi connectivity index (χ4n) is 2.59. The predicted octanol–water partition coefficient (Wildman–Crippen LogP) is 6.07. The summed E-state index contributed by atoms with van der Waals surface area (Å²) in [7, 11) is 0. The van der Waals surface area contributed by atoms with Crippen molar-refractivity contribution < 1.29 is 14.3 Å². The van der Waals surface area contributed by atoms with Crippen LogP contribution in [0.1, 0.15) is 21.5 Å². The van der Waals surface area contributed by atoms with Crippen LogP contribution in [0.15, 0.2) is 72.3 Å². The number of nitrogens with one attached hydrogen (secondary N) is 1. The number of aryl methyl sites for hydroxylation is 1. The SMILES string of the molecule is Cc1ccc(C(=O)Oc2ccc(C=C(C#N)C(=O)Nc3cc(Cl)ccc3Cl)cc2)cc1. The van der Waals surface area contributed by atoms with Crippen molar-refractivity contribution in [1.29, 1.82) is 5.26 Å². The lowest BCUT2D eigenvalue weighted by molar-refractivity contribution is -0.112. The highest BCUT2D eigenvalue weighted by Gasteiger charge is 2.12. The fraction of sp³-hybridized carbons (Fsp3) is 0.0417. The average Bonchev–Trinajstić information content (AvgIpc) is 2.76. The molecule has 31 heavy (non-hydrogen) atoms. The van der Waals surface area contributed by atoms with E-state index in [9.17, 15) is 14.9 Å². The molecular formula is C24H16Cl2N2O3. The first kappa shape index (κ1) is 22.1. The number of ether oxygens (including phenoxy) is 1. The lowest BCUT2D eigenvalue weighted by atomic mass is 10.1. The monoisotopic (exact) mass is 450 g/mol. The van der Waals surface area contributed by atoms with Gasteiger partial charge < -0.3 is 10.1 Å². The number of hydrogen-bond donors (Lipinski definition) is 1. The van der Waals surface area contributed by atoms with Crippen molar-refractivity contribution in [1.82, 2.24) is 0 Å². The van der Waals surface area contributed by atoms with Crippen molar-refractivity contribution >= 4 is 46.8 Å². The van der Waals surface area contributed by atoms with Gasteiger partial charge >= 0.3 is 5.97 Å². The van der Waals surface area contributed by atoms with Crippen LogP contribution in [0.2, 0.25) is 10.0 Å². The third-order valence-electron chi connectivity index (χ3n) is 4.23. The Morgan fingerprint density at radius 3 is 2.32 bits per heavy atom. The molecule has 1 amide bonds. The molecule has 0 aliphatic rings. The number of halogens is 2. The number of carbonyl (C=O) groups is 2. The Morgan fingerprint density at radius 1 is 1.00 bits per heavy atom. The zero-order valence-corrected chi connectivity index (χ0v) is 17.9. The Bertz CT molecular complexity index is 1190. The van der Waals surface area contributed by atoms with Gasteiger partial charge in [-0.15, -0.1) is 0 Å². The van der Waals surface area contributed by atoms with E-state index in [0.717, 1.165) is 5.56 Å². The van der Waals surface area contributed by atoms with Gasteiger partial charge in [0, 0.05) is 5.02 Å². The minimum Gasteiger partial charge on any atom is -0.423 e. The van der Waals surface area contributed by atoms with Gasteiger partial charge in [0.05, 0.1) is 16.3 Å². The van der Waals surface area contributed by atoms with Gasteiger partial charge in [0.15, 0.2) is 0 Å². The molecule has 1 N–H and O–H groups in total. The first-order chi connectivity index (χ1) is 14.9. The van der Waals surface area contributed by atoms with Crippen LogP contribution in [0.4, 0.5) is 5.69 Å². The van der Waals surface area contributed by atoms with Crippen molar-refractivity contribution in [3.05, 3.63) is 99.0 Å². The van der Waals surface area contributed by atoms with Crippen LogP contribution in [0.3, 0.4) is 0 Å². The Hall–Kier alpha value is -3.59. The summed E-state index contributed by atoms with van der Waals surface area (Å²) < 4.78 is 5.35. The normalized spacial score (nSPS) is 10.8. The van der Waals surface area contributed by atoms with Gasteiger partial charge in [0.2, 0.25) is 0 Å². The van der Waals surface area contributed by atoms with Crippen molar-refractivity contribution in [2.45, 2.75) is 6.92 Å². The minimum atomic E-state index is -0.624. The average molecular weight is 451 g/mol. The summed E-state index contributed by atoms with van der Waals surface area (Å²) in [6.07, 6.45) is 1.42. The van der Waals surface area contributed by atoms with E-state index >= 15 is 0 Å². The van der Waals surface area contributed by atoms with Crippen LogP contribution in [0, 0.1) is 18.3 Å². The second-order valence-corrected chi connectivity index (χ2v) is 7.42. The lowest BCUT2D eigenvalue weighted by Crippen LogP contribution is -2.13. The van der Waals surface area contributed by atoms with Gasteiger partial charge in [-0.25, -0.2) is 4.79 Å². The first-order valence-electron chi connectivity index (χ1n) is 9.13. The molecule has 3 rings (SSSR count). The molecule has 0 fully saturated rings. The van der Waals surface area contributed by atoms with E-state index in [1.807, 2.05) is 25.1 Å². The van der Waals surface area contributed by atoms with Crippen LogP contribution >= 0.6 is 23.2 Å². The van der Waals surface area contributed by atoms with Crippen molar-refractivity contribution in [2.75, 3.05) is 5.32 Å². The number of anilines is 1. The second-order valence-electron chi connectivity index (χ2n) is 6.57. The highest BCUT2D eigenvalue weighted by atomic mass is 35.5. The molecule has 0 aliphatic carbocycles. The molecule has 0 atom stereocenters. The molecule has 0 bridgehead atoms. The van der Waals surface area contributed by atoms with Gasteiger partial charge in [-0.05, 0) is 61.0 Å². The van der Waals surface area contributed by atoms with E-state index in [1.165, 1.54) is 12.1 Å². The zero-order valence-electron chi connectivity index (χ0n) is 16.4. The molecule has 7 heteroatoms. The topological polar surface area (TPSA) is 79.2 Å². The maximum atomic E-state index is 12.4. The maximum Gasteiger partial charge on any atom is 0.343 e. The summed E-state index contributed by atoms with van der Waals surface area (Å²) in [4.78, 5) is 24.6. The largest absolute Gasteiger partial charge is 0.423 e. The highest BCUT2D eigenvalue weighted by molar-refractivity contribution is 6.36. The number of amides is 1. The number of hydrogen-bond acceptors (Lipinski definition) is 4. The Balaban J connectivity index is 1.70. The molecule has 0 unspecified atom stereocenters. The zero-order chi connectivity index (χ0) is 22.4. The number of nitriles is 1.